The van der Waals surface area contributed by atoms with E-state index in [4.69, 9.17) is 0 Å². The summed E-state index contributed by atoms with van der Waals surface area (Å²) in [5.41, 5.74) is 0.854. The van der Waals surface area contributed by atoms with Crippen LogP contribution < -0.4 is 15.5 Å². The molecule has 2 N–H and O–H groups in total. The Morgan fingerprint density at radius 1 is 1.09 bits per heavy atom. The Morgan fingerprint density at radius 3 is 2.50 bits per heavy atom. The van der Waals surface area contributed by atoms with E-state index in [0.29, 0.717) is 16.1 Å². The topological polar surface area (TPSA) is 91.4 Å². The number of nitrogens with zero attached hydrogens (tertiary/aromatic N) is 2. The highest BCUT2D eigenvalue weighted by Crippen LogP contribution is 2.29. The maximum absolute atomic E-state index is 13.7. The minimum atomic E-state index is -1.04. The third kappa shape index (κ3) is 5.66. The molecule has 0 bridgehead atoms. The minimum Gasteiger partial charge on any atom is -0.351 e. The van der Waals surface area contributed by atoms with Crippen LogP contribution in [0.1, 0.15) is 47.0 Å². The molecule has 2 heterocycles. The molecular formula is C25H25FN4O3S. The lowest BCUT2D eigenvalue weighted by molar-refractivity contribution is -0.126. The second-order valence-corrected chi connectivity index (χ2v) is 9.03. The molecule has 34 heavy (non-hydrogen) atoms. The summed E-state index contributed by atoms with van der Waals surface area (Å²) >= 11 is 1.26. The van der Waals surface area contributed by atoms with Crippen molar-refractivity contribution >= 4 is 34.7 Å². The van der Waals surface area contributed by atoms with Gasteiger partial charge in [-0.1, -0.05) is 25.0 Å². The first-order valence-corrected chi connectivity index (χ1v) is 12.0. The molecule has 3 amide bonds. The zero-order valence-corrected chi connectivity index (χ0v) is 19.3. The van der Waals surface area contributed by atoms with Crippen molar-refractivity contribution in [3.8, 4) is 0 Å². The fourth-order valence-corrected chi connectivity index (χ4v) is 4.72. The molecule has 1 atom stereocenters. The summed E-state index contributed by atoms with van der Waals surface area (Å²) in [4.78, 5) is 45.3. The molecule has 0 spiro atoms. The third-order valence-electron chi connectivity index (χ3n) is 5.73. The molecule has 1 fully saturated rings. The van der Waals surface area contributed by atoms with Gasteiger partial charge in [0, 0.05) is 29.7 Å². The van der Waals surface area contributed by atoms with Crippen LogP contribution in [0.3, 0.4) is 0 Å². The van der Waals surface area contributed by atoms with Crippen molar-refractivity contribution in [2.75, 3.05) is 11.4 Å². The van der Waals surface area contributed by atoms with E-state index in [0.717, 1.165) is 25.7 Å². The average Bonchev–Trinajstić information content (AvgIpc) is 3.57. The zero-order chi connectivity index (χ0) is 23.9. The van der Waals surface area contributed by atoms with Gasteiger partial charge in [-0.05, 0) is 54.6 Å². The lowest BCUT2D eigenvalue weighted by Crippen LogP contribution is -2.49. The number of hydrogen-bond acceptors (Lipinski definition) is 5. The van der Waals surface area contributed by atoms with E-state index in [1.54, 1.807) is 35.8 Å². The molecule has 3 aromatic rings. The molecule has 1 aliphatic rings. The number of carbonyl (C=O) groups excluding carboxylic acids is 3. The first kappa shape index (κ1) is 23.6. The van der Waals surface area contributed by atoms with Crippen LogP contribution >= 0.6 is 11.3 Å². The smallest absolute Gasteiger partial charge is 0.261 e. The molecule has 4 rings (SSSR count). The molecule has 176 valence electrons. The first-order valence-electron chi connectivity index (χ1n) is 11.1. The predicted octanol–water partition coefficient (Wildman–Crippen LogP) is 3.85. The SMILES string of the molecule is O=C(NCC(=O)N(c1ccc(F)cc1)[C@H](C(=O)NC1CCCC1)c1cccnc1)c1cccs1. The van der Waals surface area contributed by atoms with Crippen molar-refractivity contribution < 1.29 is 18.8 Å². The first-order chi connectivity index (χ1) is 16.5. The number of pyridine rings is 1. The Morgan fingerprint density at radius 2 is 1.85 bits per heavy atom. The Hall–Kier alpha value is -3.59. The molecule has 7 nitrogen and oxygen atoms in total. The number of hydrogen-bond donors (Lipinski definition) is 2. The monoisotopic (exact) mass is 480 g/mol. The summed E-state index contributed by atoms with van der Waals surface area (Å²) in [6.07, 6.45) is 6.96. The molecule has 9 heteroatoms. The Kier molecular flexibility index (Phi) is 7.64. The van der Waals surface area contributed by atoms with E-state index in [1.165, 1.54) is 46.7 Å². The molecule has 1 saturated carbocycles. The minimum absolute atomic E-state index is 0.0374. The zero-order valence-electron chi connectivity index (χ0n) is 18.4. The van der Waals surface area contributed by atoms with Crippen molar-refractivity contribution in [1.29, 1.82) is 0 Å². The number of amides is 3. The molecular weight excluding hydrogens is 455 g/mol. The highest BCUT2D eigenvalue weighted by Gasteiger charge is 2.34. The van der Waals surface area contributed by atoms with E-state index in [-0.39, 0.29) is 24.4 Å². The summed E-state index contributed by atoms with van der Waals surface area (Å²) in [5, 5.41) is 7.46. The van der Waals surface area contributed by atoms with Gasteiger partial charge < -0.3 is 10.6 Å². The van der Waals surface area contributed by atoms with Crippen LogP contribution in [0.2, 0.25) is 0 Å². The number of nitrogens with one attached hydrogen (secondary N) is 2. The standard InChI is InChI=1S/C25H25FN4O3S/c26-18-9-11-20(12-10-18)30(22(31)16-28-24(32)21-8-4-14-34-21)23(17-5-3-13-27-15-17)25(33)29-19-6-1-2-7-19/h3-5,8-15,19,23H,1-2,6-7,16H2,(H,28,32)(H,29,33)/t23-/m0/s1. The Bertz CT molecular complexity index is 1120. The summed E-state index contributed by atoms with van der Waals surface area (Å²) in [6.45, 7) is -0.332. The lowest BCUT2D eigenvalue weighted by atomic mass is 10.0. The highest BCUT2D eigenvalue weighted by molar-refractivity contribution is 7.12. The molecule has 2 aromatic heterocycles. The molecule has 0 aliphatic heterocycles. The number of carbonyl (C=O) groups is 3. The van der Waals surface area contributed by atoms with Crippen LogP contribution in [0.5, 0.6) is 0 Å². The largest absolute Gasteiger partial charge is 0.351 e. The van der Waals surface area contributed by atoms with Gasteiger partial charge in [0.2, 0.25) is 11.8 Å². The van der Waals surface area contributed by atoms with Gasteiger partial charge in [0.05, 0.1) is 11.4 Å². The third-order valence-corrected chi connectivity index (χ3v) is 6.60. The number of anilines is 1. The second kappa shape index (κ2) is 11.0. The number of halogens is 1. The van der Waals surface area contributed by atoms with Crippen LogP contribution in [-0.2, 0) is 9.59 Å². The molecule has 1 aliphatic carbocycles. The Balaban J connectivity index is 1.65. The van der Waals surface area contributed by atoms with Crippen molar-refractivity contribution in [2.24, 2.45) is 0 Å². The number of aromatic nitrogens is 1. The maximum Gasteiger partial charge on any atom is 0.261 e. The Labute approximate surface area is 201 Å². The summed E-state index contributed by atoms with van der Waals surface area (Å²) in [6, 6.07) is 11.2. The van der Waals surface area contributed by atoms with E-state index in [2.05, 4.69) is 15.6 Å². The van der Waals surface area contributed by atoms with E-state index >= 15 is 0 Å². The fraction of sp³-hybridized carbons (Fsp3) is 0.280. The molecule has 0 saturated heterocycles. The van der Waals surface area contributed by atoms with Crippen molar-refractivity contribution in [2.45, 2.75) is 37.8 Å². The van der Waals surface area contributed by atoms with E-state index < -0.39 is 17.8 Å². The maximum atomic E-state index is 13.7. The van der Waals surface area contributed by atoms with Crippen LogP contribution in [0.4, 0.5) is 10.1 Å². The van der Waals surface area contributed by atoms with Gasteiger partial charge in [0.15, 0.2) is 0 Å². The quantitative estimate of drug-likeness (QED) is 0.512. The van der Waals surface area contributed by atoms with Crippen LogP contribution in [-0.4, -0.2) is 35.3 Å². The van der Waals surface area contributed by atoms with Gasteiger partial charge in [-0.15, -0.1) is 11.3 Å². The predicted molar refractivity (Wildman–Crippen MR) is 128 cm³/mol. The lowest BCUT2D eigenvalue weighted by Gasteiger charge is -2.32. The van der Waals surface area contributed by atoms with Crippen LogP contribution in [0.25, 0.3) is 0 Å². The van der Waals surface area contributed by atoms with Gasteiger partial charge >= 0.3 is 0 Å². The average molecular weight is 481 g/mol. The van der Waals surface area contributed by atoms with Gasteiger partial charge in [-0.3, -0.25) is 24.3 Å². The number of rotatable bonds is 8. The molecule has 1 aromatic carbocycles. The number of thiophene rings is 1. The van der Waals surface area contributed by atoms with Crippen molar-refractivity contribution in [3.05, 3.63) is 82.6 Å². The van der Waals surface area contributed by atoms with Crippen molar-refractivity contribution in [3.63, 3.8) is 0 Å². The fourth-order valence-electron chi connectivity index (χ4n) is 4.08. The molecule has 0 radical (unpaired) electrons. The summed E-state index contributed by atoms with van der Waals surface area (Å²) in [5.74, 6) is -1.69. The van der Waals surface area contributed by atoms with E-state index in [1.807, 2.05) is 0 Å². The summed E-state index contributed by atoms with van der Waals surface area (Å²) < 4.78 is 13.7. The normalized spacial score (nSPS) is 14.4. The van der Waals surface area contributed by atoms with Crippen LogP contribution in [0.15, 0.2) is 66.3 Å². The van der Waals surface area contributed by atoms with Gasteiger partial charge in [0.25, 0.3) is 5.91 Å². The second-order valence-electron chi connectivity index (χ2n) is 8.08. The highest BCUT2D eigenvalue weighted by atomic mass is 32.1. The van der Waals surface area contributed by atoms with Gasteiger partial charge in [-0.25, -0.2) is 4.39 Å². The van der Waals surface area contributed by atoms with Gasteiger partial charge in [-0.2, -0.15) is 0 Å². The van der Waals surface area contributed by atoms with Gasteiger partial charge in [0.1, 0.15) is 11.9 Å². The number of benzene rings is 1. The van der Waals surface area contributed by atoms with Crippen molar-refractivity contribution in [1.82, 2.24) is 15.6 Å². The van der Waals surface area contributed by atoms with Crippen LogP contribution in [0, 0.1) is 5.82 Å². The summed E-state index contributed by atoms with van der Waals surface area (Å²) in [7, 11) is 0. The molecule has 0 unspecified atom stereocenters. The van der Waals surface area contributed by atoms with E-state index in [9.17, 15) is 18.8 Å².